The van der Waals surface area contributed by atoms with Gasteiger partial charge in [-0.05, 0) is 131 Å². The van der Waals surface area contributed by atoms with Crippen LogP contribution in [0.4, 0.5) is 0 Å². The average molecular weight is 647 g/mol. The van der Waals surface area contributed by atoms with Gasteiger partial charge in [-0.1, -0.05) is 40.5 Å². The number of carboxylic acid groups (broad SMARTS) is 1. The maximum absolute atomic E-state index is 13.3. The molecule has 47 heavy (non-hydrogen) atoms. The first kappa shape index (κ1) is 36.4. The molecule has 1 N–H and O–H groups in total. The minimum Gasteiger partial charge on any atom is -0.483 e. The highest BCUT2D eigenvalue weighted by Gasteiger charge is 2.62. The van der Waals surface area contributed by atoms with Gasteiger partial charge in [0.15, 0.2) is 5.60 Å². The summed E-state index contributed by atoms with van der Waals surface area (Å²) in [5.41, 5.74) is 2.56. The van der Waals surface area contributed by atoms with Gasteiger partial charge in [0.1, 0.15) is 17.5 Å². The second-order valence-electron chi connectivity index (χ2n) is 15.3. The van der Waals surface area contributed by atoms with E-state index in [0.29, 0.717) is 18.6 Å². The molecule has 256 valence electrons. The third-order valence-electron chi connectivity index (χ3n) is 10.0. The Bertz CT molecular complexity index is 1490. The summed E-state index contributed by atoms with van der Waals surface area (Å²) < 4.78 is 19.2. The van der Waals surface area contributed by atoms with Crippen molar-refractivity contribution in [2.24, 2.45) is 11.3 Å². The van der Waals surface area contributed by atoms with E-state index in [1.54, 1.807) is 12.2 Å². The first-order valence-corrected chi connectivity index (χ1v) is 17.0. The molecular formula is C40H54O7. The Balaban J connectivity index is 1.66. The second-order valence-corrected chi connectivity index (χ2v) is 15.3. The van der Waals surface area contributed by atoms with Crippen molar-refractivity contribution in [2.75, 3.05) is 0 Å². The summed E-state index contributed by atoms with van der Waals surface area (Å²) in [6, 6.07) is 0. The number of allylic oxidation sites excluding steroid dienone is 5. The van der Waals surface area contributed by atoms with Crippen LogP contribution in [0.25, 0.3) is 0 Å². The Labute approximate surface area is 281 Å². The number of esters is 1. The predicted octanol–water partition coefficient (Wildman–Crippen LogP) is 8.83. The predicted molar refractivity (Wildman–Crippen MR) is 184 cm³/mol. The summed E-state index contributed by atoms with van der Waals surface area (Å²) in [6.07, 6.45) is 21.4. The van der Waals surface area contributed by atoms with Gasteiger partial charge in [-0.3, -0.25) is 4.79 Å². The van der Waals surface area contributed by atoms with Crippen LogP contribution in [-0.4, -0.2) is 45.7 Å². The van der Waals surface area contributed by atoms with Crippen LogP contribution in [0.3, 0.4) is 0 Å². The maximum atomic E-state index is 13.3. The van der Waals surface area contributed by atoms with Crippen LogP contribution in [-0.2, 0) is 28.6 Å². The molecule has 0 aromatic rings. The van der Waals surface area contributed by atoms with E-state index in [1.807, 2.05) is 27.7 Å². The molecule has 0 radical (unpaired) electrons. The number of rotatable bonds is 12. The Kier molecular flexibility index (Phi) is 10.8. The van der Waals surface area contributed by atoms with Gasteiger partial charge in [0, 0.05) is 24.6 Å². The molecule has 7 nitrogen and oxygen atoms in total. The highest BCUT2D eigenvalue weighted by molar-refractivity contribution is 5.99. The number of carbonyl (C=O) groups excluding carboxylic acids is 2. The standard InChI is InChI=1S/C40H54O7/c1-26(12-10-13-28(3)21-35(42)43)18-31-23-30(5)40(17-16-37(6,7)47-40)39(25-31,34-24-33(41)38(8,9)46-34)15-11-14-27(2)19-32-20-29(4)22-36(44)45-32/h12,16-17,19,21-24,31-32H,10-11,13-15,18,20,25H2,1-9H3,(H,42,43)/b26-12+,27-19+,28-21-/t31-,32+,39+,40+/m0/s1. The summed E-state index contributed by atoms with van der Waals surface area (Å²) in [5.74, 6) is -0.355. The van der Waals surface area contributed by atoms with Crippen LogP contribution >= 0.6 is 0 Å². The highest BCUT2D eigenvalue weighted by Crippen LogP contribution is 2.62. The smallest absolute Gasteiger partial charge is 0.331 e. The van der Waals surface area contributed by atoms with Gasteiger partial charge in [-0.25, -0.2) is 9.59 Å². The van der Waals surface area contributed by atoms with Gasteiger partial charge in [-0.2, -0.15) is 0 Å². The number of carbonyl (C=O) groups is 3. The molecule has 0 unspecified atom stereocenters. The molecule has 1 spiro atoms. The van der Waals surface area contributed by atoms with Gasteiger partial charge in [0.05, 0.1) is 11.0 Å². The van der Waals surface area contributed by atoms with Crippen molar-refractivity contribution in [3.63, 3.8) is 0 Å². The number of ether oxygens (including phenoxy) is 3. The number of carboxylic acids is 1. The molecule has 4 aliphatic rings. The number of hydrogen-bond donors (Lipinski definition) is 1. The van der Waals surface area contributed by atoms with Crippen molar-refractivity contribution < 1.29 is 33.7 Å². The molecule has 3 heterocycles. The lowest BCUT2D eigenvalue weighted by molar-refractivity contribution is -0.146. The fourth-order valence-corrected chi connectivity index (χ4v) is 7.78. The Morgan fingerprint density at radius 2 is 1.72 bits per heavy atom. The Hall–Kier alpha value is -3.45. The number of cyclic esters (lactones) is 1. The van der Waals surface area contributed by atoms with E-state index in [-0.39, 0.29) is 23.8 Å². The van der Waals surface area contributed by atoms with Crippen molar-refractivity contribution in [2.45, 2.75) is 137 Å². The molecule has 0 saturated carbocycles. The number of hydrogen-bond acceptors (Lipinski definition) is 6. The van der Waals surface area contributed by atoms with Crippen LogP contribution in [0.5, 0.6) is 0 Å². The molecular weight excluding hydrogens is 592 g/mol. The van der Waals surface area contributed by atoms with Crippen molar-refractivity contribution in [3.05, 3.63) is 82.2 Å². The zero-order valence-corrected chi connectivity index (χ0v) is 29.8. The maximum Gasteiger partial charge on any atom is 0.331 e. The number of aliphatic carboxylic acids is 1. The molecule has 0 aromatic carbocycles. The van der Waals surface area contributed by atoms with E-state index in [9.17, 15) is 14.4 Å². The molecule has 4 atom stereocenters. The molecule has 0 aromatic heterocycles. The van der Waals surface area contributed by atoms with Gasteiger partial charge in [0.2, 0.25) is 5.78 Å². The fourth-order valence-electron chi connectivity index (χ4n) is 7.78. The second kappa shape index (κ2) is 14.0. The summed E-state index contributed by atoms with van der Waals surface area (Å²) in [5, 5.41) is 9.05. The topological polar surface area (TPSA) is 99.1 Å². The van der Waals surface area contributed by atoms with Gasteiger partial charge >= 0.3 is 11.9 Å². The first-order valence-electron chi connectivity index (χ1n) is 17.0. The molecule has 3 aliphatic heterocycles. The van der Waals surface area contributed by atoms with Crippen LogP contribution in [0, 0.1) is 11.3 Å². The molecule has 1 aliphatic carbocycles. The quantitative estimate of drug-likeness (QED) is 0.128. The lowest BCUT2D eigenvalue weighted by atomic mass is 9.56. The SMILES string of the molecule is CC1=CC(=O)O[C@H](/C=C(\C)CCC[C@]2(C3=CC(=O)C(C)(C)O3)C[C@@H](C/C(C)=C/CC/C(C)=C\C(=O)O)C=C(C)[C@]23C=CC(C)(C)O3)C1. The van der Waals surface area contributed by atoms with E-state index in [4.69, 9.17) is 19.3 Å². The van der Waals surface area contributed by atoms with Gasteiger partial charge in [0.25, 0.3) is 0 Å². The molecule has 0 saturated heterocycles. The van der Waals surface area contributed by atoms with Crippen LogP contribution < -0.4 is 0 Å². The summed E-state index contributed by atoms with van der Waals surface area (Å²) in [7, 11) is 0. The van der Waals surface area contributed by atoms with Crippen molar-refractivity contribution in [3.8, 4) is 0 Å². The van der Waals surface area contributed by atoms with Gasteiger partial charge < -0.3 is 19.3 Å². The molecule has 4 rings (SSSR count). The van der Waals surface area contributed by atoms with Crippen molar-refractivity contribution in [1.29, 1.82) is 0 Å². The zero-order valence-electron chi connectivity index (χ0n) is 29.8. The Morgan fingerprint density at radius 1 is 1.00 bits per heavy atom. The summed E-state index contributed by atoms with van der Waals surface area (Å²) in [4.78, 5) is 36.3. The summed E-state index contributed by atoms with van der Waals surface area (Å²) in [6.45, 7) is 18.0. The molecule has 0 fully saturated rings. The van der Waals surface area contributed by atoms with Crippen LogP contribution in [0.2, 0.25) is 0 Å². The lowest BCUT2D eigenvalue weighted by Crippen LogP contribution is -2.55. The molecule has 7 heteroatoms. The van der Waals surface area contributed by atoms with E-state index in [0.717, 1.165) is 60.8 Å². The monoisotopic (exact) mass is 646 g/mol. The van der Waals surface area contributed by atoms with E-state index >= 15 is 0 Å². The largest absolute Gasteiger partial charge is 0.483 e. The summed E-state index contributed by atoms with van der Waals surface area (Å²) >= 11 is 0. The van der Waals surface area contributed by atoms with Crippen molar-refractivity contribution in [1.82, 2.24) is 0 Å². The fraction of sp³-hybridized carbons (Fsp3) is 0.575. The highest BCUT2D eigenvalue weighted by atomic mass is 16.5. The lowest BCUT2D eigenvalue weighted by Gasteiger charge is -2.54. The minimum absolute atomic E-state index is 0.0357. The van der Waals surface area contributed by atoms with E-state index in [1.165, 1.54) is 11.6 Å². The van der Waals surface area contributed by atoms with Crippen LogP contribution in [0.1, 0.15) is 114 Å². The van der Waals surface area contributed by atoms with E-state index < -0.39 is 28.2 Å². The van der Waals surface area contributed by atoms with E-state index in [2.05, 4.69) is 65.0 Å². The van der Waals surface area contributed by atoms with Crippen LogP contribution in [0.15, 0.2) is 82.2 Å². The zero-order chi connectivity index (χ0) is 34.8. The molecule has 0 amide bonds. The normalized spacial score (nSPS) is 30.6. The van der Waals surface area contributed by atoms with Crippen molar-refractivity contribution >= 4 is 17.7 Å². The number of ketones is 1. The third-order valence-corrected chi connectivity index (χ3v) is 10.0. The minimum atomic E-state index is -0.949. The van der Waals surface area contributed by atoms with Gasteiger partial charge in [-0.15, -0.1) is 0 Å². The molecule has 0 bridgehead atoms. The third kappa shape index (κ3) is 8.35. The Morgan fingerprint density at radius 3 is 2.32 bits per heavy atom. The first-order chi connectivity index (χ1) is 21.9. The average Bonchev–Trinajstić information content (AvgIpc) is 3.40.